The summed E-state index contributed by atoms with van der Waals surface area (Å²) in [4.78, 5) is 15.8. The number of carbonyl (C=O) groups is 1. The van der Waals surface area contributed by atoms with Gasteiger partial charge in [0, 0.05) is 17.8 Å². The number of pyridine rings is 1. The number of aromatic nitrogens is 1. The maximum Gasteiger partial charge on any atom is 0.265 e. The molecule has 106 valence electrons. The Hall–Kier alpha value is -1.27. The highest BCUT2D eigenvalue weighted by atomic mass is 35.5. The largest absolute Gasteiger partial charge is 0.385 e. The molecule has 1 heterocycles. The number of hydrogen-bond donors (Lipinski definition) is 2. The predicted molar refractivity (Wildman–Crippen MR) is 67.6 cm³/mol. The van der Waals surface area contributed by atoms with E-state index in [2.05, 4.69) is 10.3 Å². The lowest BCUT2D eigenvalue weighted by molar-refractivity contribution is -0.00270. The Morgan fingerprint density at radius 2 is 2.21 bits per heavy atom. The Kier molecular flexibility index (Phi) is 6.11. The molecule has 1 aromatic heterocycles. The van der Waals surface area contributed by atoms with Crippen LogP contribution in [-0.2, 0) is 6.42 Å². The first-order valence-electron chi connectivity index (χ1n) is 5.85. The van der Waals surface area contributed by atoms with Crippen molar-refractivity contribution in [2.75, 3.05) is 6.54 Å². The number of nitrogens with zero attached hydrogens (tertiary/aromatic N) is 1. The van der Waals surface area contributed by atoms with Gasteiger partial charge in [-0.15, -0.1) is 0 Å². The van der Waals surface area contributed by atoms with Crippen molar-refractivity contribution in [3.63, 3.8) is 0 Å². The van der Waals surface area contributed by atoms with Gasteiger partial charge in [0.15, 0.2) is 0 Å². The van der Waals surface area contributed by atoms with Gasteiger partial charge in [0.25, 0.3) is 12.3 Å². The lowest BCUT2D eigenvalue weighted by Gasteiger charge is -2.11. The zero-order valence-corrected chi connectivity index (χ0v) is 11.1. The van der Waals surface area contributed by atoms with Gasteiger partial charge in [-0.1, -0.05) is 24.9 Å². The molecule has 4 nitrogen and oxygen atoms in total. The van der Waals surface area contributed by atoms with Gasteiger partial charge in [-0.05, 0) is 18.6 Å². The normalized spacial score (nSPS) is 12.5. The molecule has 7 heteroatoms. The summed E-state index contributed by atoms with van der Waals surface area (Å²) in [5.41, 5.74) is 0.902. The van der Waals surface area contributed by atoms with E-state index < -0.39 is 25.0 Å². The molecule has 2 N–H and O–H groups in total. The Labute approximate surface area is 114 Å². The van der Waals surface area contributed by atoms with Crippen LogP contribution in [0.4, 0.5) is 8.78 Å². The zero-order chi connectivity index (χ0) is 14.4. The highest BCUT2D eigenvalue weighted by molar-refractivity contribution is 6.29. The summed E-state index contributed by atoms with van der Waals surface area (Å²) in [6, 6.07) is 2.91. The molecule has 1 unspecified atom stereocenters. The van der Waals surface area contributed by atoms with Crippen LogP contribution in [0.2, 0.25) is 5.15 Å². The molecule has 0 aromatic carbocycles. The maximum atomic E-state index is 12.1. The van der Waals surface area contributed by atoms with E-state index in [1.165, 1.54) is 6.07 Å². The summed E-state index contributed by atoms with van der Waals surface area (Å²) in [7, 11) is 0. The van der Waals surface area contributed by atoms with Crippen molar-refractivity contribution in [1.29, 1.82) is 0 Å². The molecule has 19 heavy (non-hydrogen) atoms. The molecule has 0 bridgehead atoms. The van der Waals surface area contributed by atoms with Crippen LogP contribution in [0, 0.1) is 0 Å². The second-order valence-electron chi connectivity index (χ2n) is 4.03. The van der Waals surface area contributed by atoms with Crippen molar-refractivity contribution in [3.8, 4) is 0 Å². The third kappa shape index (κ3) is 5.08. The quantitative estimate of drug-likeness (QED) is 0.789. The zero-order valence-electron chi connectivity index (χ0n) is 10.4. The van der Waals surface area contributed by atoms with Crippen molar-refractivity contribution >= 4 is 17.5 Å². The maximum absolute atomic E-state index is 12.1. The summed E-state index contributed by atoms with van der Waals surface area (Å²) < 4.78 is 24.2. The molecule has 0 aliphatic rings. The number of aliphatic hydroxyl groups excluding tert-OH is 1. The lowest BCUT2D eigenvalue weighted by atomic mass is 10.1. The first-order chi connectivity index (χ1) is 8.93. The van der Waals surface area contributed by atoms with E-state index in [-0.39, 0.29) is 10.7 Å². The fraction of sp³-hybridized carbons (Fsp3) is 0.500. The molecule has 1 rings (SSSR count). The minimum absolute atomic E-state index is 0.172. The number of amides is 1. The molecule has 0 radical (unpaired) electrons. The van der Waals surface area contributed by atoms with E-state index in [1.807, 2.05) is 6.92 Å². The number of alkyl halides is 2. The Balaban J connectivity index is 2.71. The molecule has 0 spiro atoms. The van der Waals surface area contributed by atoms with Gasteiger partial charge in [-0.3, -0.25) is 4.79 Å². The smallest absolute Gasteiger partial charge is 0.265 e. The monoisotopic (exact) mass is 292 g/mol. The van der Waals surface area contributed by atoms with Gasteiger partial charge in [0.05, 0.1) is 0 Å². The van der Waals surface area contributed by atoms with Gasteiger partial charge >= 0.3 is 0 Å². The second-order valence-corrected chi connectivity index (χ2v) is 4.42. The molecule has 0 saturated heterocycles. The van der Waals surface area contributed by atoms with Crippen molar-refractivity contribution in [2.24, 2.45) is 0 Å². The fourth-order valence-corrected chi connectivity index (χ4v) is 1.68. The molecular formula is C12H15ClF2N2O2. The van der Waals surface area contributed by atoms with Crippen LogP contribution in [-0.4, -0.2) is 35.1 Å². The fourth-order valence-electron chi connectivity index (χ4n) is 1.45. The number of hydrogen-bond acceptors (Lipinski definition) is 3. The predicted octanol–water partition coefficient (Wildman–Crippen LogP) is 2.04. The van der Waals surface area contributed by atoms with Gasteiger partial charge in [-0.25, -0.2) is 13.8 Å². The highest BCUT2D eigenvalue weighted by Crippen LogP contribution is 2.12. The number of aliphatic hydroxyl groups is 1. The summed E-state index contributed by atoms with van der Waals surface area (Å²) in [5.74, 6) is -0.568. The number of carbonyl (C=O) groups excluding carboxylic acids is 1. The van der Waals surface area contributed by atoms with E-state index in [0.29, 0.717) is 12.1 Å². The molecular weight excluding hydrogens is 278 g/mol. The first-order valence-corrected chi connectivity index (χ1v) is 6.22. The Morgan fingerprint density at radius 1 is 1.53 bits per heavy atom. The van der Waals surface area contributed by atoms with Crippen LogP contribution in [0.1, 0.15) is 29.4 Å². The number of rotatable bonds is 6. The summed E-state index contributed by atoms with van der Waals surface area (Å²) in [6.07, 6.45) is -3.26. The minimum Gasteiger partial charge on any atom is -0.385 e. The van der Waals surface area contributed by atoms with Gasteiger partial charge < -0.3 is 10.4 Å². The molecule has 1 aromatic rings. The summed E-state index contributed by atoms with van der Waals surface area (Å²) in [5, 5.41) is 11.3. The van der Waals surface area contributed by atoms with Crippen LogP contribution in [0.15, 0.2) is 12.1 Å². The summed E-state index contributed by atoms with van der Waals surface area (Å²) in [6.45, 7) is 1.45. The van der Waals surface area contributed by atoms with Gasteiger partial charge in [0.2, 0.25) is 0 Å². The van der Waals surface area contributed by atoms with Crippen molar-refractivity contribution in [3.05, 3.63) is 28.5 Å². The third-order valence-corrected chi connectivity index (χ3v) is 2.57. The molecule has 1 amide bonds. The molecule has 1 atom stereocenters. The van der Waals surface area contributed by atoms with Gasteiger partial charge in [0.1, 0.15) is 11.3 Å². The van der Waals surface area contributed by atoms with Gasteiger partial charge in [-0.2, -0.15) is 0 Å². The van der Waals surface area contributed by atoms with E-state index in [9.17, 15) is 13.6 Å². The first kappa shape index (κ1) is 15.8. The third-order valence-electron chi connectivity index (χ3n) is 2.38. The standard InChI is InChI=1S/C12H15ClF2N2O2/c1-2-3-8-4-7(5-10(13)17-8)12(19)16-6-9(18)11(14)15/h4-5,9,11,18H,2-3,6H2,1H3,(H,16,19). The van der Waals surface area contributed by atoms with Crippen LogP contribution in [0.5, 0.6) is 0 Å². The van der Waals surface area contributed by atoms with Crippen molar-refractivity contribution in [1.82, 2.24) is 10.3 Å². The van der Waals surface area contributed by atoms with E-state index in [1.54, 1.807) is 6.07 Å². The van der Waals surface area contributed by atoms with Crippen molar-refractivity contribution < 1.29 is 18.7 Å². The lowest BCUT2D eigenvalue weighted by Crippen LogP contribution is -2.35. The van der Waals surface area contributed by atoms with E-state index in [4.69, 9.17) is 16.7 Å². The molecule has 0 saturated carbocycles. The van der Waals surface area contributed by atoms with Crippen LogP contribution < -0.4 is 5.32 Å². The van der Waals surface area contributed by atoms with Crippen LogP contribution in [0.3, 0.4) is 0 Å². The van der Waals surface area contributed by atoms with E-state index in [0.717, 1.165) is 6.42 Å². The molecule has 0 fully saturated rings. The topological polar surface area (TPSA) is 62.2 Å². The average Bonchev–Trinajstić information content (AvgIpc) is 2.35. The average molecular weight is 293 g/mol. The minimum atomic E-state index is -2.89. The number of nitrogens with one attached hydrogen (secondary N) is 1. The molecule has 0 aliphatic heterocycles. The summed E-state index contributed by atoms with van der Waals surface area (Å²) >= 11 is 5.78. The number of aryl methyl sites for hydroxylation is 1. The highest BCUT2D eigenvalue weighted by Gasteiger charge is 2.18. The Bertz CT molecular complexity index is 444. The van der Waals surface area contributed by atoms with Crippen LogP contribution in [0.25, 0.3) is 0 Å². The number of halogens is 3. The van der Waals surface area contributed by atoms with Crippen molar-refractivity contribution in [2.45, 2.75) is 32.3 Å². The SMILES string of the molecule is CCCc1cc(C(=O)NCC(O)C(F)F)cc(Cl)n1. The van der Waals surface area contributed by atoms with Crippen LogP contribution >= 0.6 is 11.6 Å². The van der Waals surface area contributed by atoms with E-state index >= 15 is 0 Å². The Morgan fingerprint density at radius 3 is 2.79 bits per heavy atom. The second kappa shape index (κ2) is 7.35. The molecule has 0 aliphatic carbocycles.